The Morgan fingerprint density at radius 1 is 1.03 bits per heavy atom. The SMILES string of the molecule is Cc1noc(C)c1COc1ccc(CC(=O)OCc2ccccc2)cc1C(=O)O. The quantitative estimate of drug-likeness (QED) is 0.578. The summed E-state index contributed by atoms with van der Waals surface area (Å²) in [5, 5.41) is 13.4. The summed E-state index contributed by atoms with van der Waals surface area (Å²) in [7, 11) is 0. The lowest BCUT2D eigenvalue weighted by molar-refractivity contribution is -0.144. The normalized spacial score (nSPS) is 10.6. The van der Waals surface area contributed by atoms with Crippen LogP contribution in [-0.2, 0) is 29.2 Å². The molecule has 1 heterocycles. The number of rotatable bonds is 8. The molecule has 0 fully saturated rings. The summed E-state index contributed by atoms with van der Waals surface area (Å²) in [4.78, 5) is 23.7. The lowest BCUT2D eigenvalue weighted by Crippen LogP contribution is -2.10. The van der Waals surface area contributed by atoms with Crippen LogP contribution in [0.15, 0.2) is 53.1 Å². The maximum Gasteiger partial charge on any atom is 0.339 e. The predicted octanol–water partition coefficient (Wildman–Crippen LogP) is 3.85. The van der Waals surface area contributed by atoms with E-state index in [0.717, 1.165) is 11.1 Å². The second-order valence-electron chi connectivity index (χ2n) is 6.55. The van der Waals surface area contributed by atoms with E-state index in [4.69, 9.17) is 14.0 Å². The molecule has 2 aromatic carbocycles. The summed E-state index contributed by atoms with van der Waals surface area (Å²) in [6, 6.07) is 14.0. The van der Waals surface area contributed by atoms with Crippen molar-refractivity contribution in [2.45, 2.75) is 33.5 Å². The molecule has 7 heteroatoms. The molecule has 0 spiro atoms. The molecule has 150 valence electrons. The Hall–Kier alpha value is -3.61. The maximum atomic E-state index is 12.1. The summed E-state index contributed by atoms with van der Waals surface area (Å²) >= 11 is 0. The molecule has 0 atom stereocenters. The fourth-order valence-electron chi connectivity index (χ4n) is 2.79. The van der Waals surface area contributed by atoms with Gasteiger partial charge in [0.05, 0.1) is 17.7 Å². The molecule has 0 unspecified atom stereocenters. The fourth-order valence-corrected chi connectivity index (χ4v) is 2.79. The zero-order valence-electron chi connectivity index (χ0n) is 16.2. The number of ether oxygens (including phenoxy) is 2. The molecule has 0 amide bonds. The van der Waals surface area contributed by atoms with E-state index in [2.05, 4.69) is 5.16 Å². The number of aryl methyl sites for hydroxylation is 2. The Bertz CT molecular complexity index is 990. The Morgan fingerprint density at radius 2 is 1.79 bits per heavy atom. The third-order valence-electron chi connectivity index (χ3n) is 4.42. The average Bonchev–Trinajstić information content (AvgIpc) is 3.03. The van der Waals surface area contributed by atoms with E-state index in [-0.39, 0.29) is 30.9 Å². The highest BCUT2D eigenvalue weighted by Gasteiger charge is 2.16. The summed E-state index contributed by atoms with van der Waals surface area (Å²) in [6.45, 7) is 3.86. The molecule has 0 aliphatic heterocycles. The van der Waals surface area contributed by atoms with Crippen LogP contribution in [0.5, 0.6) is 5.75 Å². The van der Waals surface area contributed by atoms with Crippen LogP contribution in [0.1, 0.15) is 38.5 Å². The summed E-state index contributed by atoms with van der Waals surface area (Å²) in [6.07, 6.45) is -0.0305. The number of hydrogen-bond donors (Lipinski definition) is 1. The van der Waals surface area contributed by atoms with Crippen molar-refractivity contribution < 1.29 is 28.7 Å². The van der Waals surface area contributed by atoms with E-state index in [9.17, 15) is 14.7 Å². The molecule has 0 bridgehead atoms. The van der Waals surface area contributed by atoms with E-state index >= 15 is 0 Å². The van der Waals surface area contributed by atoms with E-state index < -0.39 is 11.9 Å². The summed E-state index contributed by atoms with van der Waals surface area (Å²) < 4.78 is 16.0. The van der Waals surface area contributed by atoms with Crippen molar-refractivity contribution in [2.24, 2.45) is 0 Å². The second kappa shape index (κ2) is 9.05. The number of aromatic nitrogens is 1. The first-order valence-corrected chi connectivity index (χ1v) is 9.04. The number of benzene rings is 2. The zero-order valence-corrected chi connectivity index (χ0v) is 16.2. The van der Waals surface area contributed by atoms with Crippen LogP contribution >= 0.6 is 0 Å². The van der Waals surface area contributed by atoms with Crippen LogP contribution in [0.3, 0.4) is 0 Å². The highest BCUT2D eigenvalue weighted by molar-refractivity contribution is 5.91. The number of esters is 1. The first-order chi connectivity index (χ1) is 13.9. The number of carboxylic acids is 1. The van der Waals surface area contributed by atoms with Gasteiger partial charge >= 0.3 is 11.9 Å². The Kier molecular flexibility index (Phi) is 6.29. The van der Waals surface area contributed by atoms with Gasteiger partial charge < -0.3 is 19.1 Å². The maximum absolute atomic E-state index is 12.1. The van der Waals surface area contributed by atoms with Crippen LogP contribution in [0.25, 0.3) is 0 Å². The number of aromatic carboxylic acids is 1. The number of nitrogens with zero attached hydrogens (tertiary/aromatic N) is 1. The lowest BCUT2D eigenvalue weighted by atomic mass is 10.1. The minimum absolute atomic E-state index is 0.0230. The molecular weight excluding hydrogens is 374 g/mol. The number of carbonyl (C=O) groups excluding carboxylic acids is 1. The van der Waals surface area contributed by atoms with E-state index in [1.54, 1.807) is 26.0 Å². The second-order valence-corrected chi connectivity index (χ2v) is 6.55. The van der Waals surface area contributed by atoms with E-state index in [1.807, 2.05) is 30.3 Å². The Balaban J connectivity index is 1.65. The fraction of sp³-hybridized carbons (Fsp3) is 0.227. The lowest BCUT2D eigenvalue weighted by Gasteiger charge is -2.11. The highest BCUT2D eigenvalue weighted by atomic mass is 16.5. The molecule has 3 aromatic rings. The van der Waals surface area contributed by atoms with Gasteiger partial charge in [-0.2, -0.15) is 0 Å². The van der Waals surface area contributed by atoms with Crippen LogP contribution in [0.4, 0.5) is 0 Å². The minimum Gasteiger partial charge on any atom is -0.488 e. The van der Waals surface area contributed by atoms with Gasteiger partial charge in [-0.25, -0.2) is 4.79 Å². The molecular formula is C22H21NO6. The van der Waals surface area contributed by atoms with Gasteiger partial charge in [0.25, 0.3) is 0 Å². The largest absolute Gasteiger partial charge is 0.488 e. The van der Waals surface area contributed by atoms with Crippen molar-refractivity contribution >= 4 is 11.9 Å². The summed E-state index contributed by atoms with van der Waals surface area (Å²) in [5.74, 6) is -0.746. The third-order valence-corrected chi connectivity index (χ3v) is 4.42. The Morgan fingerprint density at radius 3 is 2.45 bits per heavy atom. The number of carboxylic acid groups (broad SMARTS) is 1. The standard InChI is InChI=1S/C22H21NO6/c1-14-19(15(2)29-23-14)13-27-20-9-8-17(10-18(20)22(25)26)11-21(24)28-12-16-6-4-3-5-7-16/h3-10H,11-13H2,1-2H3,(H,25,26). The van der Waals surface area contributed by atoms with Crippen molar-refractivity contribution in [3.05, 3.63) is 82.2 Å². The topological polar surface area (TPSA) is 98.9 Å². The van der Waals surface area contributed by atoms with E-state index in [1.165, 1.54) is 6.07 Å². The first-order valence-electron chi connectivity index (χ1n) is 9.04. The molecule has 0 saturated carbocycles. The molecule has 1 N–H and O–H groups in total. The van der Waals surface area contributed by atoms with Gasteiger partial charge in [0, 0.05) is 0 Å². The first kappa shape index (κ1) is 20.1. The molecule has 0 aliphatic carbocycles. The molecule has 29 heavy (non-hydrogen) atoms. The van der Waals surface area contributed by atoms with Crippen LogP contribution in [-0.4, -0.2) is 22.2 Å². The van der Waals surface area contributed by atoms with Crippen molar-refractivity contribution in [1.29, 1.82) is 0 Å². The third kappa shape index (κ3) is 5.22. The van der Waals surface area contributed by atoms with Crippen LogP contribution in [0, 0.1) is 13.8 Å². The minimum atomic E-state index is -1.14. The molecule has 0 radical (unpaired) electrons. The van der Waals surface area contributed by atoms with Gasteiger partial charge in [-0.3, -0.25) is 4.79 Å². The van der Waals surface area contributed by atoms with Gasteiger partial charge in [0.2, 0.25) is 0 Å². The molecule has 0 aliphatic rings. The molecule has 7 nitrogen and oxygen atoms in total. The van der Waals surface area contributed by atoms with Crippen molar-refractivity contribution in [1.82, 2.24) is 5.16 Å². The Labute approximate surface area is 167 Å². The van der Waals surface area contributed by atoms with Crippen molar-refractivity contribution in [2.75, 3.05) is 0 Å². The monoisotopic (exact) mass is 395 g/mol. The van der Waals surface area contributed by atoms with Crippen molar-refractivity contribution in [3.63, 3.8) is 0 Å². The van der Waals surface area contributed by atoms with Gasteiger partial charge in [-0.1, -0.05) is 41.6 Å². The number of carbonyl (C=O) groups is 2. The van der Waals surface area contributed by atoms with Gasteiger partial charge in [-0.05, 0) is 37.1 Å². The average molecular weight is 395 g/mol. The van der Waals surface area contributed by atoms with E-state index in [0.29, 0.717) is 17.0 Å². The predicted molar refractivity (Wildman–Crippen MR) is 104 cm³/mol. The highest BCUT2D eigenvalue weighted by Crippen LogP contribution is 2.23. The zero-order chi connectivity index (χ0) is 20.8. The molecule has 1 aromatic heterocycles. The number of hydrogen-bond acceptors (Lipinski definition) is 6. The van der Waals surface area contributed by atoms with Gasteiger partial charge in [-0.15, -0.1) is 0 Å². The van der Waals surface area contributed by atoms with Crippen LogP contribution in [0.2, 0.25) is 0 Å². The summed E-state index contributed by atoms with van der Waals surface area (Å²) in [5.41, 5.74) is 2.86. The molecule has 3 rings (SSSR count). The molecule has 0 saturated heterocycles. The van der Waals surface area contributed by atoms with Gasteiger partial charge in [0.15, 0.2) is 0 Å². The van der Waals surface area contributed by atoms with Gasteiger partial charge in [0.1, 0.15) is 30.3 Å². The van der Waals surface area contributed by atoms with Crippen molar-refractivity contribution in [3.8, 4) is 5.75 Å². The van der Waals surface area contributed by atoms with Crippen LogP contribution < -0.4 is 4.74 Å². The smallest absolute Gasteiger partial charge is 0.339 e.